The Hall–Kier alpha value is -2.58. The molecule has 0 spiro atoms. The average Bonchev–Trinajstić information content (AvgIpc) is 3.25. The number of carbonyl (C=O) groups is 1. The molecular weight excluding hydrogens is 364 g/mol. The second-order valence-electron chi connectivity index (χ2n) is 6.95. The van der Waals surface area contributed by atoms with Crippen LogP contribution >= 0.6 is 11.3 Å². The molecule has 3 N–H and O–H groups in total. The summed E-state index contributed by atoms with van der Waals surface area (Å²) >= 11 is 1.45. The van der Waals surface area contributed by atoms with E-state index in [1.54, 1.807) is 6.92 Å². The van der Waals surface area contributed by atoms with Crippen molar-refractivity contribution >= 4 is 17.2 Å². The van der Waals surface area contributed by atoms with Crippen molar-refractivity contribution < 1.29 is 14.4 Å². The van der Waals surface area contributed by atoms with Gasteiger partial charge in [-0.2, -0.15) is 0 Å². The Bertz CT molecular complexity index is 945. The van der Waals surface area contributed by atoms with Gasteiger partial charge >= 0.3 is 0 Å². The maximum atomic E-state index is 11.8. The lowest BCUT2D eigenvalue weighted by molar-refractivity contribution is 0.0989. The second kappa shape index (κ2) is 7.21. The first kappa shape index (κ1) is 17.8. The molecule has 8 heteroatoms. The van der Waals surface area contributed by atoms with Gasteiger partial charge in [-0.05, 0) is 31.6 Å². The molecule has 1 aliphatic rings. The van der Waals surface area contributed by atoms with Crippen molar-refractivity contribution in [3.05, 3.63) is 51.6 Å². The number of hydrogen-bond acceptors (Lipinski definition) is 7. The standard InChI is InChI=1S/C19H20N4O3S/c1-10(24)19-22-21-14(27-19)9-11-7-13(8-11)15-16(18(20)25)23-26-17(15)12-5-3-2-4-6-12/h2-6,10-11,13,24H,7-9H2,1H3,(H2,20,25)/t10-,11?,13?/m0/s1. The number of aromatic nitrogens is 3. The molecule has 2 heterocycles. The predicted octanol–water partition coefficient (Wildman–Crippen LogP) is 3.08. The van der Waals surface area contributed by atoms with Gasteiger partial charge < -0.3 is 15.4 Å². The number of benzene rings is 1. The molecule has 0 radical (unpaired) electrons. The molecule has 1 atom stereocenters. The van der Waals surface area contributed by atoms with Crippen LogP contribution in [0.4, 0.5) is 0 Å². The molecule has 0 bridgehead atoms. The fourth-order valence-electron chi connectivity index (χ4n) is 3.55. The summed E-state index contributed by atoms with van der Waals surface area (Å²) in [5.74, 6) is 0.692. The number of rotatable bonds is 6. The van der Waals surface area contributed by atoms with Crippen molar-refractivity contribution in [2.75, 3.05) is 0 Å². The van der Waals surface area contributed by atoms with Crippen molar-refractivity contribution in [1.29, 1.82) is 0 Å². The summed E-state index contributed by atoms with van der Waals surface area (Å²) < 4.78 is 5.48. The Kier molecular flexibility index (Phi) is 4.75. The normalized spacial score (nSPS) is 20.2. The zero-order chi connectivity index (χ0) is 19.0. The summed E-state index contributed by atoms with van der Waals surface area (Å²) in [6.45, 7) is 1.69. The highest BCUT2D eigenvalue weighted by molar-refractivity contribution is 7.11. The third kappa shape index (κ3) is 3.50. The molecule has 3 aromatic rings. The molecular formula is C19H20N4O3S. The van der Waals surface area contributed by atoms with Gasteiger partial charge in [0.2, 0.25) is 0 Å². The Morgan fingerprint density at radius 3 is 2.70 bits per heavy atom. The van der Waals surface area contributed by atoms with Gasteiger partial charge in [0.1, 0.15) is 16.1 Å². The van der Waals surface area contributed by atoms with Crippen molar-refractivity contribution in [3.8, 4) is 11.3 Å². The number of primary amides is 1. The minimum atomic E-state index is -0.589. The first-order chi connectivity index (χ1) is 13.0. The first-order valence-corrected chi connectivity index (χ1v) is 9.69. The molecule has 4 rings (SSSR count). The summed E-state index contributed by atoms with van der Waals surface area (Å²) in [4.78, 5) is 11.8. The summed E-state index contributed by atoms with van der Waals surface area (Å²) in [5.41, 5.74) is 7.44. The van der Waals surface area contributed by atoms with E-state index in [1.807, 2.05) is 30.3 Å². The quantitative estimate of drug-likeness (QED) is 0.675. The van der Waals surface area contributed by atoms with E-state index in [4.69, 9.17) is 10.3 Å². The van der Waals surface area contributed by atoms with Gasteiger partial charge in [0, 0.05) is 17.5 Å². The van der Waals surface area contributed by atoms with E-state index in [9.17, 15) is 9.90 Å². The molecule has 2 aromatic heterocycles. The van der Waals surface area contributed by atoms with Crippen LogP contribution in [0.15, 0.2) is 34.9 Å². The molecule has 140 valence electrons. The average molecular weight is 384 g/mol. The van der Waals surface area contributed by atoms with Crippen LogP contribution in [0, 0.1) is 5.92 Å². The molecule has 0 unspecified atom stereocenters. The predicted molar refractivity (Wildman–Crippen MR) is 100 cm³/mol. The largest absolute Gasteiger partial charge is 0.386 e. The van der Waals surface area contributed by atoms with Gasteiger partial charge in [0.05, 0.1) is 0 Å². The number of amides is 1. The topological polar surface area (TPSA) is 115 Å². The smallest absolute Gasteiger partial charge is 0.271 e. The van der Waals surface area contributed by atoms with E-state index >= 15 is 0 Å². The molecule has 0 saturated heterocycles. The van der Waals surface area contributed by atoms with Crippen LogP contribution in [0.1, 0.15) is 57.9 Å². The van der Waals surface area contributed by atoms with Crippen LogP contribution in [-0.4, -0.2) is 26.4 Å². The van der Waals surface area contributed by atoms with Crippen LogP contribution in [0.2, 0.25) is 0 Å². The molecule has 0 aliphatic heterocycles. The van der Waals surface area contributed by atoms with E-state index in [0.717, 1.165) is 35.4 Å². The molecule has 27 heavy (non-hydrogen) atoms. The monoisotopic (exact) mass is 384 g/mol. The molecule has 1 aliphatic carbocycles. The Morgan fingerprint density at radius 1 is 1.33 bits per heavy atom. The summed E-state index contributed by atoms with van der Waals surface area (Å²) in [6.07, 6.45) is 2.04. The molecule has 1 amide bonds. The SMILES string of the molecule is C[C@H](O)c1nnc(CC2CC(c3c(C(N)=O)noc3-c3ccccc3)C2)s1. The van der Waals surface area contributed by atoms with E-state index < -0.39 is 12.0 Å². The Labute approximate surface area is 160 Å². The number of nitrogens with zero attached hydrogens (tertiary/aromatic N) is 3. The van der Waals surface area contributed by atoms with Crippen LogP contribution in [0.25, 0.3) is 11.3 Å². The number of nitrogens with two attached hydrogens (primary N) is 1. The second-order valence-corrected chi connectivity index (χ2v) is 8.05. The van der Waals surface area contributed by atoms with Crippen molar-refractivity contribution in [3.63, 3.8) is 0 Å². The maximum absolute atomic E-state index is 11.8. The third-order valence-corrected chi connectivity index (χ3v) is 6.06. The van der Waals surface area contributed by atoms with Crippen molar-refractivity contribution in [1.82, 2.24) is 15.4 Å². The number of aliphatic hydroxyl groups excluding tert-OH is 1. The maximum Gasteiger partial charge on any atom is 0.271 e. The van der Waals surface area contributed by atoms with E-state index in [2.05, 4.69) is 15.4 Å². The molecule has 1 saturated carbocycles. The van der Waals surface area contributed by atoms with Gasteiger partial charge in [-0.1, -0.05) is 46.8 Å². The Morgan fingerprint density at radius 2 is 2.07 bits per heavy atom. The van der Waals surface area contributed by atoms with Gasteiger partial charge in [-0.3, -0.25) is 4.79 Å². The van der Waals surface area contributed by atoms with Gasteiger partial charge in [0.15, 0.2) is 11.5 Å². The Balaban J connectivity index is 1.51. The third-order valence-electron chi connectivity index (χ3n) is 4.94. The highest BCUT2D eigenvalue weighted by Crippen LogP contribution is 2.47. The lowest BCUT2D eigenvalue weighted by Gasteiger charge is -2.35. The zero-order valence-electron chi connectivity index (χ0n) is 14.8. The van der Waals surface area contributed by atoms with Gasteiger partial charge in [-0.25, -0.2) is 0 Å². The van der Waals surface area contributed by atoms with Crippen molar-refractivity contribution in [2.24, 2.45) is 11.7 Å². The van der Waals surface area contributed by atoms with E-state index in [0.29, 0.717) is 16.7 Å². The lowest BCUT2D eigenvalue weighted by Crippen LogP contribution is -2.26. The fraction of sp³-hybridized carbons (Fsp3) is 0.368. The summed E-state index contributed by atoms with van der Waals surface area (Å²) in [7, 11) is 0. The minimum absolute atomic E-state index is 0.183. The number of hydrogen-bond donors (Lipinski definition) is 2. The molecule has 1 aromatic carbocycles. The molecule has 1 fully saturated rings. The van der Waals surface area contributed by atoms with Crippen molar-refractivity contribution in [2.45, 2.75) is 38.2 Å². The van der Waals surface area contributed by atoms with E-state index in [-0.39, 0.29) is 11.6 Å². The molecule has 7 nitrogen and oxygen atoms in total. The summed E-state index contributed by atoms with van der Waals surface area (Å²) in [5, 5.41) is 23.3. The van der Waals surface area contributed by atoms with E-state index in [1.165, 1.54) is 11.3 Å². The fourth-order valence-corrected chi connectivity index (χ4v) is 4.45. The van der Waals surface area contributed by atoms with Crippen LogP contribution in [0.5, 0.6) is 0 Å². The van der Waals surface area contributed by atoms with Crippen LogP contribution in [0.3, 0.4) is 0 Å². The van der Waals surface area contributed by atoms with Gasteiger partial charge in [0.25, 0.3) is 5.91 Å². The highest BCUT2D eigenvalue weighted by Gasteiger charge is 2.37. The van der Waals surface area contributed by atoms with Crippen LogP contribution < -0.4 is 5.73 Å². The van der Waals surface area contributed by atoms with Crippen LogP contribution in [-0.2, 0) is 6.42 Å². The lowest BCUT2D eigenvalue weighted by atomic mass is 9.69. The highest BCUT2D eigenvalue weighted by atomic mass is 32.1. The summed E-state index contributed by atoms with van der Waals surface area (Å²) in [6, 6.07) is 9.64. The zero-order valence-corrected chi connectivity index (χ0v) is 15.6. The number of carbonyl (C=O) groups excluding carboxylic acids is 1. The minimum Gasteiger partial charge on any atom is -0.386 e. The number of aliphatic hydroxyl groups is 1. The first-order valence-electron chi connectivity index (χ1n) is 8.88. The van der Waals surface area contributed by atoms with Gasteiger partial charge in [-0.15, -0.1) is 10.2 Å².